The summed E-state index contributed by atoms with van der Waals surface area (Å²) >= 11 is 1.23. The molecule has 3 N–H and O–H groups in total. The van der Waals surface area contributed by atoms with Crippen molar-refractivity contribution in [1.82, 2.24) is 10.6 Å². The second kappa shape index (κ2) is 5.83. The number of carbonyl (C=O) groups excluding carboxylic acids is 3. The first-order chi connectivity index (χ1) is 9.04. The summed E-state index contributed by atoms with van der Waals surface area (Å²) in [6, 6.07) is 3.34. The van der Waals surface area contributed by atoms with Gasteiger partial charge in [-0.3, -0.25) is 14.4 Å². The van der Waals surface area contributed by atoms with Crippen LogP contribution in [-0.4, -0.2) is 30.3 Å². The number of nitrogens with one attached hydrogen (secondary N) is 3. The van der Waals surface area contributed by atoms with Crippen LogP contribution in [0.15, 0.2) is 12.1 Å². The van der Waals surface area contributed by atoms with Crippen molar-refractivity contribution in [2.24, 2.45) is 0 Å². The molecule has 2 rings (SSSR count). The quantitative estimate of drug-likeness (QED) is 0.762. The van der Waals surface area contributed by atoms with E-state index < -0.39 is 0 Å². The first-order valence-corrected chi connectivity index (χ1v) is 6.81. The SMILES string of the molecule is CC(=O)Nc1ccc(C(=O)NC2CCC(=O)NC2)s1. The molecule has 7 heteroatoms. The number of hydrogen-bond donors (Lipinski definition) is 3. The zero-order valence-electron chi connectivity index (χ0n) is 10.5. The molecule has 1 atom stereocenters. The number of carbonyl (C=O) groups is 3. The Morgan fingerprint density at radius 1 is 1.42 bits per heavy atom. The van der Waals surface area contributed by atoms with Crippen LogP contribution in [0.4, 0.5) is 5.00 Å². The Bertz CT molecular complexity index is 502. The molecule has 1 saturated heterocycles. The predicted molar refractivity (Wildman–Crippen MR) is 72.1 cm³/mol. The van der Waals surface area contributed by atoms with Crippen LogP contribution in [0, 0.1) is 0 Å². The van der Waals surface area contributed by atoms with Gasteiger partial charge < -0.3 is 16.0 Å². The highest BCUT2D eigenvalue weighted by atomic mass is 32.1. The standard InChI is InChI=1S/C12H15N3O3S/c1-7(16)14-11-5-3-9(19-11)12(18)15-8-2-4-10(17)13-6-8/h3,5,8H,2,4,6H2,1H3,(H,13,17)(H,14,16)(H,15,18). The molecule has 1 fully saturated rings. The van der Waals surface area contributed by atoms with Gasteiger partial charge in [0, 0.05) is 25.9 Å². The summed E-state index contributed by atoms with van der Waals surface area (Å²) in [5, 5.41) is 8.86. The van der Waals surface area contributed by atoms with E-state index in [0.29, 0.717) is 29.3 Å². The van der Waals surface area contributed by atoms with Crippen LogP contribution >= 0.6 is 11.3 Å². The summed E-state index contributed by atoms with van der Waals surface area (Å²) in [7, 11) is 0. The monoisotopic (exact) mass is 281 g/mol. The van der Waals surface area contributed by atoms with Gasteiger partial charge in [0.25, 0.3) is 5.91 Å². The third kappa shape index (κ3) is 3.78. The second-order valence-corrected chi connectivity index (χ2v) is 5.44. The van der Waals surface area contributed by atoms with Gasteiger partial charge in [-0.05, 0) is 18.6 Å². The number of hydrogen-bond acceptors (Lipinski definition) is 4. The van der Waals surface area contributed by atoms with Crippen LogP contribution in [0.5, 0.6) is 0 Å². The molecule has 1 aromatic rings. The smallest absolute Gasteiger partial charge is 0.261 e. The van der Waals surface area contributed by atoms with E-state index in [2.05, 4.69) is 16.0 Å². The Balaban J connectivity index is 1.90. The number of piperidine rings is 1. The van der Waals surface area contributed by atoms with E-state index in [4.69, 9.17) is 0 Å². The summed E-state index contributed by atoms with van der Waals surface area (Å²) in [6.45, 7) is 1.89. The van der Waals surface area contributed by atoms with Gasteiger partial charge in [0.1, 0.15) is 0 Å². The first kappa shape index (κ1) is 13.5. The Labute approximate surface area is 114 Å². The zero-order valence-corrected chi connectivity index (χ0v) is 11.3. The van der Waals surface area contributed by atoms with Gasteiger partial charge >= 0.3 is 0 Å². The van der Waals surface area contributed by atoms with Gasteiger partial charge in [-0.1, -0.05) is 0 Å². The fraction of sp³-hybridized carbons (Fsp3) is 0.417. The van der Waals surface area contributed by atoms with Gasteiger partial charge in [-0.25, -0.2) is 0 Å². The third-order valence-electron chi connectivity index (χ3n) is 2.73. The van der Waals surface area contributed by atoms with Crippen molar-refractivity contribution < 1.29 is 14.4 Å². The Morgan fingerprint density at radius 2 is 2.21 bits per heavy atom. The lowest BCUT2D eigenvalue weighted by atomic mass is 10.1. The van der Waals surface area contributed by atoms with E-state index in [1.54, 1.807) is 12.1 Å². The average molecular weight is 281 g/mol. The molecule has 0 radical (unpaired) electrons. The summed E-state index contributed by atoms with van der Waals surface area (Å²) in [5.41, 5.74) is 0. The number of thiophene rings is 1. The van der Waals surface area contributed by atoms with Crippen molar-refractivity contribution in [3.05, 3.63) is 17.0 Å². The fourth-order valence-electron chi connectivity index (χ4n) is 1.81. The Morgan fingerprint density at radius 3 is 2.84 bits per heavy atom. The molecule has 0 bridgehead atoms. The summed E-state index contributed by atoms with van der Waals surface area (Å²) < 4.78 is 0. The molecule has 19 heavy (non-hydrogen) atoms. The van der Waals surface area contributed by atoms with E-state index in [0.717, 1.165) is 0 Å². The van der Waals surface area contributed by atoms with Gasteiger partial charge in [0.15, 0.2) is 0 Å². The highest BCUT2D eigenvalue weighted by Crippen LogP contribution is 2.22. The topological polar surface area (TPSA) is 87.3 Å². The highest BCUT2D eigenvalue weighted by Gasteiger charge is 2.20. The lowest BCUT2D eigenvalue weighted by Crippen LogP contribution is -2.47. The lowest BCUT2D eigenvalue weighted by molar-refractivity contribution is -0.122. The van der Waals surface area contributed by atoms with E-state index >= 15 is 0 Å². The van der Waals surface area contributed by atoms with Crippen molar-refractivity contribution in [3.8, 4) is 0 Å². The van der Waals surface area contributed by atoms with Gasteiger partial charge in [-0.15, -0.1) is 11.3 Å². The van der Waals surface area contributed by atoms with E-state index in [9.17, 15) is 14.4 Å². The van der Waals surface area contributed by atoms with Crippen LogP contribution in [0.1, 0.15) is 29.4 Å². The minimum atomic E-state index is -0.178. The molecular weight excluding hydrogens is 266 g/mol. The maximum atomic E-state index is 12.0. The molecule has 1 unspecified atom stereocenters. The summed E-state index contributed by atoms with van der Waals surface area (Å²) in [6.07, 6.45) is 1.09. The predicted octanol–water partition coefficient (Wildman–Crippen LogP) is 0.715. The van der Waals surface area contributed by atoms with Gasteiger partial charge in [0.05, 0.1) is 9.88 Å². The van der Waals surface area contributed by atoms with Crippen LogP contribution in [0.3, 0.4) is 0 Å². The molecule has 1 aliphatic heterocycles. The van der Waals surface area contributed by atoms with Crippen LogP contribution < -0.4 is 16.0 Å². The maximum absolute atomic E-state index is 12.0. The van der Waals surface area contributed by atoms with Crippen molar-refractivity contribution in [1.29, 1.82) is 0 Å². The van der Waals surface area contributed by atoms with Gasteiger partial charge in [-0.2, -0.15) is 0 Å². The van der Waals surface area contributed by atoms with E-state index in [-0.39, 0.29) is 23.8 Å². The third-order valence-corrected chi connectivity index (χ3v) is 3.73. The van der Waals surface area contributed by atoms with Crippen LogP contribution in [0.2, 0.25) is 0 Å². The molecule has 102 valence electrons. The Hall–Kier alpha value is -1.89. The molecule has 1 aromatic heterocycles. The average Bonchev–Trinajstić information content (AvgIpc) is 2.80. The van der Waals surface area contributed by atoms with Crippen LogP contribution in [0.25, 0.3) is 0 Å². The molecule has 1 aliphatic rings. The maximum Gasteiger partial charge on any atom is 0.261 e. The molecular formula is C12H15N3O3S. The normalized spacial score (nSPS) is 18.6. The van der Waals surface area contributed by atoms with Crippen LogP contribution in [-0.2, 0) is 9.59 Å². The summed E-state index contributed by atoms with van der Waals surface area (Å²) in [5.74, 6) is -0.318. The minimum absolute atomic E-state index is 0.0227. The van der Waals surface area contributed by atoms with Crippen molar-refractivity contribution >= 4 is 34.1 Å². The molecule has 2 heterocycles. The van der Waals surface area contributed by atoms with Crippen molar-refractivity contribution in [2.45, 2.75) is 25.8 Å². The zero-order chi connectivity index (χ0) is 13.8. The molecule has 6 nitrogen and oxygen atoms in total. The number of amides is 3. The molecule has 0 saturated carbocycles. The van der Waals surface area contributed by atoms with Crippen molar-refractivity contribution in [2.75, 3.05) is 11.9 Å². The first-order valence-electron chi connectivity index (χ1n) is 5.99. The van der Waals surface area contributed by atoms with Gasteiger partial charge in [0.2, 0.25) is 11.8 Å². The fourth-order valence-corrected chi connectivity index (χ4v) is 2.67. The highest BCUT2D eigenvalue weighted by molar-refractivity contribution is 7.18. The molecule has 0 aliphatic carbocycles. The molecule has 0 aromatic carbocycles. The van der Waals surface area contributed by atoms with E-state index in [1.165, 1.54) is 18.3 Å². The Kier molecular flexibility index (Phi) is 4.16. The molecule has 3 amide bonds. The second-order valence-electron chi connectivity index (χ2n) is 4.36. The minimum Gasteiger partial charge on any atom is -0.354 e. The number of rotatable bonds is 3. The van der Waals surface area contributed by atoms with Crippen molar-refractivity contribution in [3.63, 3.8) is 0 Å². The largest absolute Gasteiger partial charge is 0.354 e. The lowest BCUT2D eigenvalue weighted by Gasteiger charge is -2.23. The summed E-state index contributed by atoms with van der Waals surface area (Å²) in [4.78, 5) is 34.4. The van der Waals surface area contributed by atoms with E-state index in [1.807, 2.05) is 0 Å². The number of anilines is 1. The molecule has 0 spiro atoms.